The second-order valence-corrected chi connectivity index (χ2v) is 5.31. The molecule has 3 atom stereocenters. The Labute approximate surface area is 105 Å². The number of aliphatic hydroxyl groups is 1. The van der Waals surface area contributed by atoms with Gasteiger partial charge in [0, 0.05) is 0 Å². The molecule has 0 aliphatic heterocycles. The van der Waals surface area contributed by atoms with Crippen molar-refractivity contribution in [1.29, 1.82) is 0 Å². The molecule has 0 aromatic carbocycles. The molecule has 2 bridgehead atoms. The van der Waals surface area contributed by atoms with Crippen LogP contribution in [-0.2, 0) is 9.59 Å². The third-order valence-corrected chi connectivity index (χ3v) is 4.51. The second-order valence-electron chi connectivity index (χ2n) is 5.31. The molecule has 18 heavy (non-hydrogen) atoms. The number of hydrogen-bond acceptors (Lipinski definition) is 3. The number of aliphatic carboxylic acids is 2. The topological polar surface area (TPSA) is 94.8 Å². The van der Waals surface area contributed by atoms with Crippen LogP contribution in [0, 0.1) is 23.2 Å². The van der Waals surface area contributed by atoms with Crippen molar-refractivity contribution in [1.82, 2.24) is 0 Å². The standard InChI is InChI=1S/C13H18O5/c14-7-13(11(15)16,12(17)18)10-6-3-8-1-4-9(10)5-2-8/h1,4,8-10,14H,2-3,5-7H2,(H,15,16)(H,17,18). The lowest BCUT2D eigenvalue weighted by atomic mass is 9.67. The van der Waals surface area contributed by atoms with Crippen LogP contribution in [0.3, 0.4) is 0 Å². The van der Waals surface area contributed by atoms with E-state index in [2.05, 4.69) is 6.08 Å². The molecule has 0 aromatic rings. The fraction of sp³-hybridized carbons (Fsp3) is 0.692. The fourth-order valence-corrected chi connectivity index (χ4v) is 3.36. The van der Waals surface area contributed by atoms with Gasteiger partial charge in [-0.1, -0.05) is 12.2 Å². The van der Waals surface area contributed by atoms with E-state index in [1.165, 1.54) is 0 Å². The van der Waals surface area contributed by atoms with Gasteiger partial charge < -0.3 is 15.3 Å². The zero-order valence-electron chi connectivity index (χ0n) is 10.1. The predicted molar refractivity (Wildman–Crippen MR) is 62.9 cm³/mol. The summed E-state index contributed by atoms with van der Waals surface area (Å²) in [4.78, 5) is 22.8. The average molecular weight is 254 g/mol. The quantitative estimate of drug-likeness (QED) is 0.516. The molecule has 0 amide bonds. The van der Waals surface area contributed by atoms with E-state index in [0.717, 1.165) is 19.3 Å². The van der Waals surface area contributed by atoms with Crippen molar-refractivity contribution < 1.29 is 24.9 Å². The predicted octanol–water partition coefficient (Wildman–Crippen LogP) is 1.13. The smallest absolute Gasteiger partial charge is 0.323 e. The maximum absolute atomic E-state index is 11.4. The highest BCUT2D eigenvalue weighted by molar-refractivity contribution is 5.98. The van der Waals surface area contributed by atoms with Crippen LogP contribution in [0.15, 0.2) is 12.2 Å². The molecule has 3 aliphatic carbocycles. The van der Waals surface area contributed by atoms with Gasteiger partial charge >= 0.3 is 11.9 Å². The molecule has 0 spiro atoms. The first-order valence-corrected chi connectivity index (χ1v) is 6.28. The van der Waals surface area contributed by atoms with Gasteiger partial charge in [0.15, 0.2) is 5.41 Å². The summed E-state index contributed by atoms with van der Waals surface area (Å²) >= 11 is 0. The fourth-order valence-electron chi connectivity index (χ4n) is 3.36. The Hall–Kier alpha value is -1.36. The summed E-state index contributed by atoms with van der Waals surface area (Å²) in [6, 6.07) is 0. The highest BCUT2D eigenvalue weighted by Crippen LogP contribution is 2.46. The van der Waals surface area contributed by atoms with E-state index in [1.54, 1.807) is 0 Å². The lowest BCUT2D eigenvalue weighted by molar-refractivity contribution is -0.175. The molecule has 0 heterocycles. The molecular weight excluding hydrogens is 236 g/mol. The molecule has 0 radical (unpaired) electrons. The van der Waals surface area contributed by atoms with Gasteiger partial charge in [-0.25, -0.2) is 0 Å². The van der Waals surface area contributed by atoms with Crippen LogP contribution in [0.2, 0.25) is 0 Å². The van der Waals surface area contributed by atoms with E-state index in [-0.39, 0.29) is 5.92 Å². The highest BCUT2D eigenvalue weighted by Gasteiger charge is 2.55. The second kappa shape index (κ2) is 4.72. The summed E-state index contributed by atoms with van der Waals surface area (Å²) in [6.45, 7) is -0.850. The number of rotatable bonds is 4. The van der Waals surface area contributed by atoms with Gasteiger partial charge in [0.1, 0.15) is 0 Å². The first-order chi connectivity index (χ1) is 8.52. The molecule has 3 N–H and O–H groups in total. The molecule has 0 aromatic heterocycles. The highest BCUT2D eigenvalue weighted by atomic mass is 16.4. The van der Waals surface area contributed by atoms with Gasteiger partial charge in [0.2, 0.25) is 0 Å². The van der Waals surface area contributed by atoms with Crippen LogP contribution >= 0.6 is 0 Å². The molecule has 5 heteroatoms. The molecule has 1 fully saturated rings. The lowest BCUT2D eigenvalue weighted by Gasteiger charge is -2.35. The Morgan fingerprint density at radius 2 is 1.67 bits per heavy atom. The van der Waals surface area contributed by atoms with Crippen LogP contribution in [0.5, 0.6) is 0 Å². The number of carboxylic acid groups (broad SMARTS) is 2. The minimum atomic E-state index is -2.06. The van der Waals surface area contributed by atoms with Crippen molar-refractivity contribution in [2.24, 2.45) is 23.2 Å². The Morgan fingerprint density at radius 3 is 2.11 bits per heavy atom. The summed E-state index contributed by atoms with van der Waals surface area (Å²) < 4.78 is 0. The van der Waals surface area contributed by atoms with Gasteiger partial charge in [-0.2, -0.15) is 0 Å². The lowest BCUT2D eigenvalue weighted by Crippen LogP contribution is -2.50. The zero-order chi connectivity index (χ0) is 13.3. The molecule has 3 unspecified atom stereocenters. The van der Waals surface area contributed by atoms with Crippen molar-refractivity contribution in [2.75, 3.05) is 6.61 Å². The van der Waals surface area contributed by atoms with Crippen molar-refractivity contribution in [3.63, 3.8) is 0 Å². The molecule has 5 nitrogen and oxygen atoms in total. The molecule has 100 valence electrons. The summed E-state index contributed by atoms with van der Waals surface area (Å²) in [5.74, 6) is -3.00. The molecule has 1 saturated carbocycles. The van der Waals surface area contributed by atoms with Gasteiger partial charge in [0.05, 0.1) is 6.61 Å². The summed E-state index contributed by atoms with van der Waals surface area (Å²) in [6.07, 6.45) is 7.16. The van der Waals surface area contributed by atoms with Crippen molar-refractivity contribution >= 4 is 11.9 Å². The summed E-state index contributed by atoms with van der Waals surface area (Å²) in [5, 5.41) is 28.0. The maximum Gasteiger partial charge on any atom is 0.323 e. The Morgan fingerprint density at radius 1 is 1.06 bits per heavy atom. The number of aliphatic hydroxyl groups excluding tert-OH is 1. The first kappa shape index (κ1) is 13.1. The van der Waals surface area contributed by atoms with Crippen LogP contribution in [0.25, 0.3) is 0 Å². The Bertz CT molecular complexity index is 373. The van der Waals surface area contributed by atoms with Gasteiger partial charge in [0.25, 0.3) is 0 Å². The van der Waals surface area contributed by atoms with Crippen LogP contribution in [0.1, 0.15) is 25.7 Å². The van der Waals surface area contributed by atoms with Crippen molar-refractivity contribution in [2.45, 2.75) is 25.7 Å². The van der Waals surface area contributed by atoms with E-state index in [4.69, 9.17) is 0 Å². The maximum atomic E-state index is 11.4. The number of carbonyl (C=O) groups is 2. The molecule has 0 saturated heterocycles. The minimum Gasteiger partial charge on any atom is -0.480 e. The van der Waals surface area contributed by atoms with Crippen LogP contribution < -0.4 is 0 Å². The number of carboxylic acids is 2. The first-order valence-electron chi connectivity index (χ1n) is 6.28. The molecular formula is C13H18O5. The van der Waals surface area contributed by atoms with Gasteiger partial charge in [-0.05, 0) is 43.4 Å². The zero-order valence-corrected chi connectivity index (χ0v) is 10.1. The van der Waals surface area contributed by atoms with Crippen LogP contribution in [0.4, 0.5) is 0 Å². The van der Waals surface area contributed by atoms with E-state index in [0.29, 0.717) is 12.3 Å². The number of hydrogen-bond donors (Lipinski definition) is 3. The summed E-state index contributed by atoms with van der Waals surface area (Å²) in [7, 11) is 0. The SMILES string of the molecule is O=C(O)C(CO)(C(=O)O)C1CCC2C=CC1CC2. The molecule has 3 aliphatic rings. The van der Waals surface area contributed by atoms with Gasteiger partial charge in [-0.3, -0.25) is 9.59 Å². The van der Waals surface area contributed by atoms with E-state index >= 15 is 0 Å². The number of fused-ring (bicyclic) bond motifs is 3. The minimum absolute atomic E-state index is 0.0527. The monoisotopic (exact) mass is 254 g/mol. The Kier molecular flexibility index (Phi) is 3.43. The molecule has 3 rings (SSSR count). The van der Waals surface area contributed by atoms with E-state index in [9.17, 15) is 24.9 Å². The normalized spacial score (nSPS) is 31.1. The summed E-state index contributed by atoms with van der Waals surface area (Å²) in [5.41, 5.74) is -2.06. The average Bonchev–Trinajstić information content (AvgIpc) is 2.64. The third-order valence-electron chi connectivity index (χ3n) is 4.51. The van der Waals surface area contributed by atoms with Crippen molar-refractivity contribution in [3.8, 4) is 0 Å². The van der Waals surface area contributed by atoms with Crippen LogP contribution in [-0.4, -0.2) is 33.9 Å². The van der Waals surface area contributed by atoms with E-state index in [1.807, 2.05) is 6.08 Å². The Balaban J connectivity index is 2.39. The number of allylic oxidation sites excluding steroid dienone is 2. The largest absolute Gasteiger partial charge is 0.480 e. The third kappa shape index (κ3) is 1.82. The van der Waals surface area contributed by atoms with Crippen molar-refractivity contribution in [3.05, 3.63) is 12.2 Å². The van der Waals surface area contributed by atoms with E-state index < -0.39 is 29.9 Å². The van der Waals surface area contributed by atoms with Gasteiger partial charge in [-0.15, -0.1) is 0 Å².